The highest BCUT2D eigenvalue weighted by Crippen LogP contribution is 2.24. The van der Waals surface area contributed by atoms with Crippen LogP contribution in [0.4, 0.5) is 5.82 Å². The van der Waals surface area contributed by atoms with E-state index in [4.69, 9.17) is 10.5 Å². The van der Waals surface area contributed by atoms with Gasteiger partial charge in [-0.05, 0) is 81.1 Å². The predicted octanol–water partition coefficient (Wildman–Crippen LogP) is 4.48. The number of nitrogens with two attached hydrogens (primary N) is 1. The van der Waals surface area contributed by atoms with Crippen molar-refractivity contribution in [1.82, 2.24) is 19.9 Å². The third kappa shape index (κ3) is 4.65. The first-order valence-corrected chi connectivity index (χ1v) is 11.4. The number of benzene rings is 2. The third-order valence-corrected chi connectivity index (χ3v) is 6.49. The van der Waals surface area contributed by atoms with Crippen LogP contribution >= 0.6 is 0 Å². The Morgan fingerprint density at radius 1 is 0.938 bits per heavy atom. The van der Waals surface area contributed by atoms with Crippen LogP contribution in [0.5, 0.6) is 5.75 Å². The molecule has 32 heavy (non-hydrogen) atoms. The molecule has 0 atom stereocenters. The molecule has 1 saturated heterocycles. The molecule has 1 aliphatic rings. The highest BCUT2D eigenvalue weighted by molar-refractivity contribution is 5.88. The monoisotopic (exact) mass is 427 g/mol. The predicted molar refractivity (Wildman–Crippen MR) is 129 cm³/mol. The number of ether oxygens (including phenoxy) is 1. The van der Waals surface area contributed by atoms with Gasteiger partial charge in [0.25, 0.3) is 0 Å². The zero-order chi connectivity index (χ0) is 21.8. The molecule has 0 bridgehead atoms. The van der Waals surface area contributed by atoms with Crippen LogP contribution in [-0.4, -0.2) is 46.1 Å². The van der Waals surface area contributed by atoms with Crippen LogP contribution in [0.3, 0.4) is 0 Å². The molecule has 5 rings (SSSR count). The molecule has 0 radical (unpaired) electrons. The number of hydrogen-bond donors (Lipinski definition) is 1. The summed E-state index contributed by atoms with van der Waals surface area (Å²) in [7, 11) is 0. The molecule has 164 valence electrons. The minimum atomic E-state index is 0.506. The van der Waals surface area contributed by atoms with E-state index in [1.165, 1.54) is 36.5 Å². The molecule has 6 nitrogen and oxygen atoms in total. The first kappa shape index (κ1) is 20.6. The second kappa shape index (κ2) is 9.49. The van der Waals surface area contributed by atoms with E-state index in [2.05, 4.69) is 50.2 Å². The Balaban J connectivity index is 1.07. The van der Waals surface area contributed by atoms with Gasteiger partial charge in [0.2, 0.25) is 0 Å². The lowest BCUT2D eigenvalue weighted by Gasteiger charge is -2.31. The number of anilines is 1. The van der Waals surface area contributed by atoms with Crippen LogP contribution < -0.4 is 10.5 Å². The van der Waals surface area contributed by atoms with Gasteiger partial charge in [-0.1, -0.05) is 18.2 Å². The van der Waals surface area contributed by atoms with Gasteiger partial charge < -0.3 is 15.4 Å². The van der Waals surface area contributed by atoms with Crippen LogP contribution in [0.2, 0.25) is 0 Å². The highest BCUT2D eigenvalue weighted by atomic mass is 16.5. The average Bonchev–Trinajstić information content (AvgIpc) is 2.84. The van der Waals surface area contributed by atoms with Crippen molar-refractivity contribution in [2.45, 2.75) is 25.7 Å². The summed E-state index contributed by atoms with van der Waals surface area (Å²) in [5.41, 5.74) is 9.22. The zero-order valence-electron chi connectivity index (χ0n) is 18.3. The number of rotatable bonds is 7. The summed E-state index contributed by atoms with van der Waals surface area (Å²) >= 11 is 0. The summed E-state index contributed by atoms with van der Waals surface area (Å²) in [5.74, 6) is 1.95. The maximum absolute atomic E-state index is 6.08. The lowest BCUT2D eigenvalue weighted by molar-refractivity contribution is 0.140. The first-order valence-electron chi connectivity index (χ1n) is 11.4. The maximum Gasteiger partial charge on any atom is 0.134 e. The van der Waals surface area contributed by atoms with Crippen molar-refractivity contribution in [3.8, 4) is 5.75 Å². The Labute approximate surface area is 188 Å². The van der Waals surface area contributed by atoms with Gasteiger partial charge >= 0.3 is 0 Å². The molecule has 0 saturated carbocycles. The lowest BCUT2D eigenvalue weighted by atomic mass is 9.97. The van der Waals surface area contributed by atoms with E-state index >= 15 is 0 Å². The summed E-state index contributed by atoms with van der Waals surface area (Å²) in [4.78, 5) is 15.4. The number of aryl methyl sites for hydroxylation is 1. The summed E-state index contributed by atoms with van der Waals surface area (Å²) in [6.07, 6.45) is 8.07. The molecule has 0 aliphatic carbocycles. The standard InChI is InChI=1S/C26H29N5O/c27-26-23-8-7-21(16-25(23)29-18-30-26)32-17-19-10-14-31(15-11-19)13-3-4-20-9-12-28-24-6-2-1-5-22(20)24/h1-2,5-9,12,16,18-19H,3-4,10-11,13-15,17H2,(H2,27,29,30). The van der Waals surface area contributed by atoms with Crippen molar-refractivity contribution in [3.63, 3.8) is 0 Å². The zero-order valence-corrected chi connectivity index (χ0v) is 18.3. The van der Waals surface area contributed by atoms with Crippen molar-refractivity contribution in [1.29, 1.82) is 0 Å². The SMILES string of the molecule is Nc1ncnc2cc(OCC3CCN(CCCc4ccnc5ccccc45)CC3)ccc12. The molecule has 4 aromatic rings. The van der Waals surface area contributed by atoms with E-state index in [-0.39, 0.29) is 0 Å². The van der Waals surface area contributed by atoms with E-state index in [0.717, 1.165) is 54.8 Å². The van der Waals surface area contributed by atoms with E-state index < -0.39 is 0 Å². The minimum absolute atomic E-state index is 0.506. The molecule has 2 N–H and O–H groups in total. The number of aromatic nitrogens is 3. The third-order valence-electron chi connectivity index (χ3n) is 6.49. The molecule has 1 fully saturated rings. The fraction of sp³-hybridized carbons (Fsp3) is 0.346. The second-order valence-electron chi connectivity index (χ2n) is 8.62. The lowest BCUT2D eigenvalue weighted by Crippen LogP contribution is -2.36. The fourth-order valence-electron chi connectivity index (χ4n) is 4.60. The normalized spacial score (nSPS) is 15.4. The molecular formula is C26H29N5O. The second-order valence-corrected chi connectivity index (χ2v) is 8.62. The van der Waals surface area contributed by atoms with Gasteiger partial charge in [0.15, 0.2) is 0 Å². The number of nitrogen functional groups attached to an aromatic ring is 1. The molecule has 0 spiro atoms. The smallest absolute Gasteiger partial charge is 0.134 e. The Morgan fingerprint density at radius 3 is 2.72 bits per heavy atom. The first-order chi connectivity index (χ1) is 15.8. The quantitative estimate of drug-likeness (QED) is 0.468. The van der Waals surface area contributed by atoms with E-state index in [1.54, 1.807) is 0 Å². The van der Waals surface area contributed by atoms with Gasteiger partial charge in [-0.15, -0.1) is 0 Å². The van der Waals surface area contributed by atoms with Crippen LogP contribution in [0.15, 0.2) is 61.1 Å². The van der Waals surface area contributed by atoms with Crippen molar-refractivity contribution < 1.29 is 4.74 Å². The average molecular weight is 428 g/mol. The molecule has 3 heterocycles. The summed E-state index contributed by atoms with van der Waals surface area (Å²) in [6, 6.07) is 16.4. The number of nitrogens with zero attached hydrogens (tertiary/aromatic N) is 4. The Kier molecular flexibility index (Phi) is 6.12. The number of para-hydroxylation sites is 1. The van der Waals surface area contributed by atoms with Crippen molar-refractivity contribution in [2.24, 2.45) is 5.92 Å². The van der Waals surface area contributed by atoms with Crippen LogP contribution in [-0.2, 0) is 6.42 Å². The minimum Gasteiger partial charge on any atom is -0.493 e. The molecule has 6 heteroatoms. The van der Waals surface area contributed by atoms with Crippen molar-refractivity contribution in [3.05, 3.63) is 66.6 Å². The Morgan fingerprint density at radius 2 is 1.81 bits per heavy atom. The topological polar surface area (TPSA) is 77.2 Å². The number of pyridine rings is 1. The van der Waals surface area contributed by atoms with Crippen LogP contribution in [0.1, 0.15) is 24.8 Å². The molecule has 0 amide bonds. The largest absolute Gasteiger partial charge is 0.493 e. The molecule has 2 aromatic carbocycles. The summed E-state index contributed by atoms with van der Waals surface area (Å²) in [5, 5.41) is 2.15. The number of hydrogen-bond acceptors (Lipinski definition) is 6. The van der Waals surface area contributed by atoms with Crippen LogP contribution in [0.25, 0.3) is 21.8 Å². The van der Waals surface area contributed by atoms with Gasteiger partial charge in [-0.2, -0.15) is 0 Å². The van der Waals surface area contributed by atoms with Gasteiger partial charge in [0.05, 0.1) is 17.6 Å². The highest BCUT2D eigenvalue weighted by Gasteiger charge is 2.19. The van der Waals surface area contributed by atoms with Gasteiger partial charge in [-0.3, -0.25) is 4.98 Å². The number of piperidine rings is 1. The van der Waals surface area contributed by atoms with Gasteiger partial charge in [0, 0.05) is 23.0 Å². The van der Waals surface area contributed by atoms with E-state index in [1.807, 2.05) is 24.4 Å². The fourth-order valence-corrected chi connectivity index (χ4v) is 4.60. The molecular weight excluding hydrogens is 398 g/mol. The van der Waals surface area contributed by atoms with Crippen molar-refractivity contribution in [2.75, 3.05) is 32.0 Å². The van der Waals surface area contributed by atoms with Crippen LogP contribution in [0, 0.1) is 5.92 Å². The Bertz CT molecular complexity index is 1200. The summed E-state index contributed by atoms with van der Waals surface area (Å²) < 4.78 is 6.08. The van der Waals surface area contributed by atoms with E-state index in [0.29, 0.717) is 11.7 Å². The van der Waals surface area contributed by atoms with Gasteiger partial charge in [-0.25, -0.2) is 9.97 Å². The molecule has 2 aromatic heterocycles. The molecule has 0 unspecified atom stereocenters. The van der Waals surface area contributed by atoms with Crippen molar-refractivity contribution >= 4 is 27.6 Å². The number of fused-ring (bicyclic) bond motifs is 2. The molecule has 1 aliphatic heterocycles. The number of likely N-dealkylation sites (tertiary alicyclic amines) is 1. The maximum atomic E-state index is 6.08. The van der Waals surface area contributed by atoms with E-state index in [9.17, 15) is 0 Å². The summed E-state index contributed by atoms with van der Waals surface area (Å²) in [6.45, 7) is 4.19. The Hall–Kier alpha value is -3.25. The van der Waals surface area contributed by atoms with Gasteiger partial charge in [0.1, 0.15) is 17.9 Å².